The number of halogens is 5. The highest BCUT2D eigenvalue weighted by molar-refractivity contribution is 8.09. The average molecular weight is 290 g/mol. The van der Waals surface area contributed by atoms with Gasteiger partial charge in [0.1, 0.15) is 6.63 Å². The first kappa shape index (κ1) is 13.9. The third-order valence-electron chi connectivity index (χ3n) is 1.97. The Kier molecular flexibility index (Phi) is 4.33. The zero-order valence-corrected chi connectivity index (χ0v) is 10.9. The van der Waals surface area contributed by atoms with Crippen molar-refractivity contribution in [1.82, 2.24) is 0 Å². The Morgan fingerprint density at radius 1 is 1.19 bits per heavy atom. The average Bonchev–Trinajstić information content (AvgIpc) is 2.14. The Morgan fingerprint density at radius 2 is 1.75 bits per heavy atom. The van der Waals surface area contributed by atoms with Crippen LogP contribution in [0.15, 0.2) is 18.2 Å². The fourth-order valence-corrected chi connectivity index (χ4v) is 3.20. The predicted molar refractivity (Wildman–Crippen MR) is 64.0 cm³/mol. The molecule has 0 atom stereocenters. The van der Waals surface area contributed by atoms with Crippen molar-refractivity contribution in [3.63, 3.8) is 0 Å². The number of hydrogen-bond acceptors (Lipinski definition) is 1. The van der Waals surface area contributed by atoms with E-state index in [0.29, 0.717) is 5.69 Å². The monoisotopic (exact) mass is 289 g/mol. The summed E-state index contributed by atoms with van der Waals surface area (Å²) in [7, 11) is 3.29. The highest BCUT2D eigenvalue weighted by atomic mass is 35.9. The van der Waals surface area contributed by atoms with Gasteiger partial charge in [-0.2, -0.15) is 13.2 Å². The van der Waals surface area contributed by atoms with Crippen LogP contribution in [-0.2, 0) is 6.18 Å². The molecule has 0 aliphatic carbocycles. The minimum Gasteiger partial charge on any atom is -0.377 e. The van der Waals surface area contributed by atoms with E-state index in [0.717, 1.165) is 6.07 Å². The molecule has 0 saturated carbocycles. The summed E-state index contributed by atoms with van der Waals surface area (Å²) in [4.78, 5) is 1.56. The largest absolute Gasteiger partial charge is 0.417 e. The minimum absolute atomic E-state index is 0.0432. The third-order valence-corrected chi connectivity index (χ3v) is 3.79. The van der Waals surface area contributed by atoms with E-state index < -0.39 is 18.4 Å². The maximum absolute atomic E-state index is 12.7. The SMILES string of the molecule is CN(C)c1cccc(C(F)(F)F)c1P(Cl)Cl. The summed E-state index contributed by atoms with van der Waals surface area (Å²) in [5.41, 5.74) is -0.374. The molecule has 7 heteroatoms. The van der Waals surface area contributed by atoms with Crippen molar-refractivity contribution in [2.24, 2.45) is 0 Å². The van der Waals surface area contributed by atoms with E-state index in [1.165, 1.54) is 6.07 Å². The van der Waals surface area contributed by atoms with Crippen molar-refractivity contribution >= 4 is 40.1 Å². The number of benzene rings is 1. The van der Waals surface area contributed by atoms with E-state index in [1.54, 1.807) is 25.1 Å². The third kappa shape index (κ3) is 2.93. The molecule has 0 fully saturated rings. The van der Waals surface area contributed by atoms with Crippen LogP contribution in [0.4, 0.5) is 18.9 Å². The Hall–Kier alpha value is -0.180. The zero-order chi connectivity index (χ0) is 12.5. The lowest BCUT2D eigenvalue weighted by molar-refractivity contribution is -0.136. The number of alkyl halides is 3. The van der Waals surface area contributed by atoms with E-state index in [-0.39, 0.29) is 5.30 Å². The van der Waals surface area contributed by atoms with E-state index in [2.05, 4.69) is 0 Å². The van der Waals surface area contributed by atoms with Gasteiger partial charge < -0.3 is 4.90 Å². The summed E-state index contributed by atoms with van der Waals surface area (Å²) in [5.74, 6) is 0. The molecule has 0 spiro atoms. The molecule has 90 valence electrons. The molecule has 0 aromatic heterocycles. The first-order valence-electron chi connectivity index (χ1n) is 4.24. The van der Waals surface area contributed by atoms with Crippen LogP contribution in [0.3, 0.4) is 0 Å². The predicted octanol–water partition coefficient (Wildman–Crippen LogP) is 4.19. The quantitative estimate of drug-likeness (QED) is 0.738. The summed E-state index contributed by atoms with van der Waals surface area (Å²) in [6.07, 6.45) is -4.44. The van der Waals surface area contributed by atoms with Gasteiger partial charge in [-0.1, -0.05) is 28.5 Å². The van der Waals surface area contributed by atoms with E-state index >= 15 is 0 Å². The van der Waals surface area contributed by atoms with Gasteiger partial charge in [0.2, 0.25) is 0 Å². The molecule has 0 aliphatic heterocycles. The second kappa shape index (κ2) is 4.99. The summed E-state index contributed by atoms with van der Waals surface area (Å²) in [6.45, 7) is -1.85. The first-order valence-corrected chi connectivity index (χ1v) is 7.39. The highest BCUT2D eigenvalue weighted by Crippen LogP contribution is 2.50. The Balaban J connectivity index is 3.45. The minimum atomic E-state index is -4.44. The van der Waals surface area contributed by atoms with Crippen LogP contribution in [0.2, 0.25) is 0 Å². The smallest absolute Gasteiger partial charge is 0.377 e. The van der Waals surface area contributed by atoms with Crippen LogP contribution in [0, 0.1) is 0 Å². The lowest BCUT2D eigenvalue weighted by Gasteiger charge is -2.21. The van der Waals surface area contributed by atoms with Crippen molar-refractivity contribution in [1.29, 1.82) is 0 Å². The molecule has 0 unspecified atom stereocenters. The van der Waals surface area contributed by atoms with E-state index in [1.807, 2.05) is 0 Å². The van der Waals surface area contributed by atoms with Crippen molar-refractivity contribution in [3.05, 3.63) is 23.8 Å². The zero-order valence-electron chi connectivity index (χ0n) is 8.52. The lowest BCUT2D eigenvalue weighted by Crippen LogP contribution is -2.23. The number of anilines is 1. The van der Waals surface area contributed by atoms with Crippen LogP contribution in [0.1, 0.15) is 5.56 Å². The first-order chi connectivity index (χ1) is 7.25. The Morgan fingerprint density at radius 3 is 2.12 bits per heavy atom. The topological polar surface area (TPSA) is 3.24 Å². The molecule has 0 amide bonds. The van der Waals surface area contributed by atoms with Crippen molar-refractivity contribution in [3.8, 4) is 0 Å². The standard InChI is InChI=1S/C9H9Cl2F3NP/c1-15(2)7-5-3-4-6(9(12,13)14)8(7)16(10)11/h3-5H,1-2H3. The molecule has 0 radical (unpaired) electrons. The van der Waals surface area contributed by atoms with Gasteiger partial charge in [0.05, 0.1) is 5.56 Å². The lowest BCUT2D eigenvalue weighted by atomic mass is 10.2. The van der Waals surface area contributed by atoms with Crippen LogP contribution in [0.25, 0.3) is 0 Å². The molecule has 16 heavy (non-hydrogen) atoms. The summed E-state index contributed by atoms with van der Waals surface area (Å²) >= 11 is 11.3. The molecule has 1 rings (SSSR count). The molecule has 1 aromatic rings. The fraction of sp³-hybridized carbons (Fsp3) is 0.333. The molecule has 1 aromatic carbocycles. The molecule has 0 bridgehead atoms. The molecular weight excluding hydrogens is 281 g/mol. The fourth-order valence-electron chi connectivity index (χ4n) is 1.30. The second-order valence-electron chi connectivity index (χ2n) is 3.30. The highest BCUT2D eigenvalue weighted by Gasteiger charge is 2.36. The number of hydrogen-bond donors (Lipinski definition) is 0. The van der Waals surface area contributed by atoms with Gasteiger partial charge >= 0.3 is 6.18 Å². The molecule has 0 aliphatic rings. The van der Waals surface area contributed by atoms with Gasteiger partial charge in [0.15, 0.2) is 0 Å². The van der Waals surface area contributed by atoms with Gasteiger partial charge in [-0.25, -0.2) is 0 Å². The normalized spacial score (nSPS) is 12.0. The summed E-state index contributed by atoms with van der Waals surface area (Å²) in [6, 6.07) is 3.89. The molecule has 0 heterocycles. The summed E-state index contributed by atoms with van der Waals surface area (Å²) < 4.78 is 38.2. The molecule has 0 N–H and O–H groups in total. The van der Waals surface area contributed by atoms with Gasteiger partial charge in [-0.3, -0.25) is 0 Å². The van der Waals surface area contributed by atoms with Gasteiger partial charge in [0, 0.05) is 25.1 Å². The van der Waals surface area contributed by atoms with E-state index in [4.69, 9.17) is 22.5 Å². The van der Waals surface area contributed by atoms with E-state index in [9.17, 15) is 13.2 Å². The van der Waals surface area contributed by atoms with Crippen LogP contribution in [0.5, 0.6) is 0 Å². The number of rotatable bonds is 2. The Bertz CT molecular complexity index is 380. The molecule has 1 nitrogen and oxygen atoms in total. The van der Waals surface area contributed by atoms with Crippen molar-refractivity contribution < 1.29 is 13.2 Å². The van der Waals surface area contributed by atoms with Gasteiger partial charge in [-0.05, 0) is 12.1 Å². The van der Waals surface area contributed by atoms with Crippen LogP contribution < -0.4 is 10.2 Å². The maximum Gasteiger partial charge on any atom is 0.417 e. The second-order valence-corrected chi connectivity index (χ2v) is 6.76. The van der Waals surface area contributed by atoms with Crippen LogP contribution in [-0.4, -0.2) is 14.1 Å². The van der Waals surface area contributed by atoms with Gasteiger partial charge in [0.25, 0.3) is 0 Å². The van der Waals surface area contributed by atoms with Crippen LogP contribution >= 0.6 is 29.1 Å². The van der Waals surface area contributed by atoms with Crippen molar-refractivity contribution in [2.75, 3.05) is 19.0 Å². The van der Waals surface area contributed by atoms with Crippen molar-refractivity contribution in [2.45, 2.75) is 6.18 Å². The molecule has 0 saturated heterocycles. The summed E-state index contributed by atoms with van der Waals surface area (Å²) in [5, 5.41) is -0.0432. The maximum atomic E-state index is 12.7. The van der Waals surface area contributed by atoms with Gasteiger partial charge in [-0.15, -0.1) is 0 Å². The number of nitrogens with zero attached hydrogens (tertiary/aromatic N) is 1. The molecular formula is C9H9Cl2F3NP. The Labute approximate surface area is 102 Å².